The summed E-state index contributed by atoms with van der Waals surface area (Å²) in [5.41, 5.74) is 13.0. The molecule has 0 amide bonds. The predicted octanol–water partition coefficient (Wildman–Crippen LogP) is 7.72. The van der Waals surface area contributed by atoms with Crippen molar-refractivity contribution >= 4 is 22.4 Å². The molecule has 1 N–H and O–H groups in total. The minimum Gasteiger partial charge on any atom is -1.00 e. The van der Waals surface area contributed by atoms with E-state index >= 15 is 0 Å². The fraction of sp³-hybridized carbons (Fsp3) is 0.302. The fourth-order valence-electron chi connectivity index (χ4n) is 6.23. The molecule has 6 aromatic carbocycles. The largest absolute Gasteiger partial charge is 1.00 e. The summed E-state index contributed by atoms with van der Waals surface area (Å²) in [6.07, 6.45) is 12.1. The molecule has 0 fully saturated rings. The SMILES string of the molecule is CCCCc1ccc(CBr)cc1.CCCCc1ccc(COc2ccc(-c3ccc(CCC)cc3)cc2)cc1.CCCc1ccc(-c2ccc(O)cc2)cc1.O=CO[O-].[H-].[K+].[K+]. The van der Waals surface area contributed by atoms with Gasteiger partial charge in [0.05, 0.1) is 0 Å². The third-order valence-electron chi connectivity index (χ3n) is 9.66. The van der Waals surface area contributed by atoms with Gasteiger partial charge in [-0.3, -0.25) is 4.79 Å². The fourth-order valence-corrected chi connectivity index (χ4v) is 6.60. The molecule has 0 saturated carbocycles. The van der Waals surface area contributed by atoms with E-state index < -0.39 is 0 Å². The van der Waals surface area contributed by atoms with Gasteiger partial charge in [-0.25, -0.2) is 0 Å². The predicted molar refractivity (Wildman–Crippen MR) is 249 cm³/mol. The Hall–Kier alpha value is -1.90. The first-order chi connectivity index (χ1) is 28.8. The van der Waals surface area contributed by atoms with Crippen molar-refractivity contribution in [2.24, 2.45) is 0 Å². The molecule has 0 unspecified atom stereocenters. The number of aromatic hydroxyl groups is 1. The van der Waals surface area contributed by atoms with E-state index in [-0.39, 0.29) is 111 Å². The van der Waals surface area contributed by atoms with Crippen LogP contribution in [0.2, 0.25) is 0 Å². The van der Waals surface area contributed by atoms with Crippen LogP contribution in [0, 0.1) is 0 Å². The van der Waals surface area contributed by atoms with Crippen molar-refractivity contribution in [2.75, 3.05) is 0 Å². The number of ether oxygens (including phenoxy) is 1. The van der Waals surface area contributed by atoms with E-state index in [1.807, 2.05) is 12.1 Å². The Kier molecular flexibility index (Phi) is 33.2. The van der Waals surface area contributed by atoms with Crippen molar-refractivity contribution in [3.05, 3.63) is 179 Å². The van der Waals surface area contributed by atoms with Crippen LogP contribution in [0.5, 0.6) is 11.5 Å². The minimum absolute atomic E-state index is 0. The molecule has 314 valence electrons. The zero-order valence-electron chi connectivity index (χ0n) is 38.4. The molecule has 0 aromatic heterocycles. The molecule has 0 aliphatic carbocycles. The maximum absolute atomic E-state index is 9.22. The molecular weight excluding hydrogens is 875 g/mol. The van der Waals surface area contributed by atoms with Gasteiger partial charge in [0.2, 0.25) is 0 Å². The second-order valence-electron chi connectivity index (χ2n) is 14.4. The van der Waals surface area contributed by atoms with E-state index in [0.717, 1.165) is 29.5 Å². The monoisotopic (exact) mass is 936 g/mol. The summed E-state index contributed by atoms with van der Waals surface area (Å²) < 4.78 is 5.95. The number of halogens is 1. The van der Waals surface area contributed by atoms with Crippen LogP contribution in [-0.2, 0) is 47.3 Å². The van der Waals surface area contributed by atoms with Gasteiger partial charge in [-0.2, -0.15) is 0 Å². The molecule has 5 nitrogen and oxygen atoms in total. The quantitative estimate of drug-likeness (QED) is 0.0334. The van der Waals surface area contributed by atoms with Crippen LogP contribution in [0.4, 0.5) is 0 Å². The van der Waals surface area contributed by atoms with E-state index in [4.69, 9.17) is 14.8 Å². The van der Waals surface area contributed by atoms with Crippen LogP contribution in [-0.4, -0.2) is 11.6 Å². The molecule has 6 rings (SSSR count). The summed E-state index contributed by atoms with van der Waals surface area (Å²) in [7, 11) is 0. The maximum Gasteiger partial charge on any atom is 1.00 e. The standard InChI is InChI=1S/C26H30O.C15H16O.C11H15Br.CH2O3.2K.H/c1-3-5-7-22-8-10-23(11-9-22)20-27-26-18-16-25(17-19-26)24-14-12-21(6-4-2)13-15-24;1-2-3-12-4-6-13(7-5-12)14-8-10-15(16)11-9-14;1-2-3-4-10-5-7-11(9-12)8-6-10;2-1-4-3;;;/h8-19H,3-7,20H2,1-2H3;4-11,16H,2-3H2,1H3;5-8H,2-4,9H2,1H3;1,3H;;;/q;;;;2*+1;-1/p-1. The molecule has 0 heterocycles. The van der Waals surface area contributed by atoms with Gasteiger partial charge in [-0.15, -0.1) is 0 Å². The Morgan fingerprint density at radius 2 is 0.803 bits per heavy atom. The number of alkyl halides is 1. The molecule has 6 aromatic rings. The first-order valence-corrected chi connectivity index (χ1v) is 22.1. The van der Waals surface area contributed by atoms with Crippen LogP contribution in [0.15, 0.2) is 146 Å². The number of carbonyl (C=O) groups is 1. The van der Waals surface area contributed by atoms with E-state index in [2.05, 4.69) is 170 Å². The summed E-state index contributed by atoms with van der Waals surface area (Å²) in [5.74, 6) is 1.22. The molecule has 0 saturated heterocycles. The van der Waals surface area contributed by atoms with E-state index in [1.54, 1.807) is 12.1 Å². The van der Waals surface area contributed by atoms with E-state index in [0.29, 0.717) is 12.4 Å². The van der Waals surface area contributed by atoms with Crippen molar-refractivity contribution in [1.82, 2.24) is 0 Å². The number of rotatable bonds is 17. The molecule has 0 spiro atoms. The van der Waals surface area contributed by atoms with E-state index in [9.17, 15) is 5.11 Å². The molecule has 0 radical (unpaired) electrons. The van der Waals surface area contributed by atoms with Crippen molar-refractivity contribution in [1.29, 1.82) is 0 Å². The van der Waals surface area contributed by atoms with Crippen molar-refractivity contribution < 1.29 is 129 Å². The summed E-state index contributed by atoms with van der Waals surface area (Å²) in [6, 6.07) is 50.8. The third kappa shape index (κ3) is 23.6. The van der Waals surface area contributed by atoms with Crippen LogP contribution in [0.1, 0.15) is 101 Å². The van der Waals surface area contributed by atoms with Crippen LogP contribution >= 0.6 is 15.9 Å². The number of phenols is 1. The van der Waals surface area contributed by atoms with Crippen LogP contribution in [0.25, 0.3) is 22.3 Å². The summed E-state index contributed by atoms with van der Waals surface area (Å²) >= 11 is 3.43. The van der Waals surface area contributed by atoms with Gasteiger partial charge in [0, 0.05) is 5.33 Å². The minimum atomic E-state index is -0.181. The zero-order chi connectivity index (χ0) is 42.5. The number of phenolic OH excluding ortho intramolecular Hbond substituents is 1. The van der Waals surface area contributed by atoms with Gasteiger partial charge >= 0.3 is 103 Å². The number of unbranched alkanes of at least 4 members (excludes halogenated alkanes) is 2. The molecule has 0 aliphatic rings. The molecular formula is C53H63BrK2O5. The zero-order valence-corrected chi connectivity index (χ0v) is 45.2. The van der Waals surface area contributed by atoms with Gasteiger partial charge in [0.1, 0.15) is 18.1 Å². The van der Waals surface area contributed by atoms with Gasteiger partial charge < -0.3 is 21.4 Å². The first kappa shape index (κ1) is 57.1. The number of aryl methyl sites for hydroxylation is 4. The topological polar surface area (TPSA) is 78.8 Å². The van der Waals surface area contributed by atoms with Crippen molar-refractivity contribution in [2.45, 2.75) is 104 Å². The number of benzene rings is 6. The molecule has 61 heavy (non-hydrogen) atoms. The summed E-state index contributed by atoms with van der Waals surface area (Å²) in [4.78, 5) is 11.2. The van der Waals surface area contributed by atoms with Crippen molar-refractivity contribution in [3.63, 3.8) is 0 Å². The van der Waals surface area contributed by atoms with E-state index in [1.165, 1.54) is 101 Å². The summed E-state index contributed by atoms with van der Waals surface area (Å²) in [5, 5.41) is 18.6. The van der Waals surface area contributed by atoms with Gasteiger partial charge in [-0.05, 0) is 118 Å². The van der Waals surface area contributed by atoms with Gasteiger partial charge in [0.25, 0.3) is 6.47 Å². The third-order valence-corrected chi connectivity index (χ3v) is 10.3. The Morgan fingerprint density at radius 3 is 1.15 bits per heavy atom. The number of carbonyl (C=O) groups excluding carboxylic acids is 1. The molecule has 0 atom stereocenters. The van der Waals surface area contributed by atoms with Crippen LogP contribution in [0.3, 0.4) is 0 Å². The smallest absolute Gasteiger partial charge is 1.00 e. The average molecular weight is 938 g/mol. The normalized spacial score (nSPS) is 9.80. The average Bonchev–Trinajstić information content (AvgIpc) is 3.29. The Bertz CT molecular complexity index is 1980. The molecule has 0 bridgehead atoms. The van der Waals surface area contributed by atoms with Gasteiger partial charge in [0.15, 0.2) is 0 Å². The summed E-state index contributed by atoms with van der Waals surface area (Å²) in [6.45, 7) is 9.29. The second kappa shape index (κ2) is 35.5. The Morgan fingerprint density at radius 1 is 0.492 bits per heavy atom. The number of hydrogen-bond donors (Lipinski definition) is 1. The Labute approximate surface area is 461 Å². The first-order valence-electron chi connectivity index (χ1n) is 21.0. The maximum atomic E-state index is 9.22. The number of hydrogen-bond acceptors (Lipinski definition) is 5. The van der Waals surface area contributed by atoms with Crippen LogP contribution < -0.4 is 113 Å². The Balaban J connectivity index is 0.000000909. The molecule has 8 heteroatoms. The second-order valence-corrected chi connectivity index (χ2v) is 15.0. The van der Waals surface area contributed by atoms with Crippen molar-refractivity contribution in [3.8, 4) is 33.8 Å². The van der Waals surface area contributed by atoms with Gasteiger partial charge in [-0.1, -0.05) is 191 Å². The molecule has 0 aliphatic heterocycles.